The molecule has 1 fully saturated rings. The van der Waals surface area contributed by atoms with Crippen LogP contribution in [0.25, 0.3) is 0 Å². The number of para-hydroxylation sites is 1. The lowest BCUT2D eigenvalue weighted by Gasteiger charge is -2.23. The maximum absolute atomic E-state index is 12.8. The summed E-state index contributed by atoms with van der Waals surface area (Å²) in [4.78, 5) is 12.6. The third-order valence-electron chi connectivity index (χ3n) is 4.38. The minimum absolute atomic E-state index is 0.0222. The minimum Gasteiger partial charge on any atom is -0.322 e. The fraction of sp³-hybridized carbons (Fsp3) is 0.316. The van der Waals surface area contributed by atoms with Gasteiger partial charge in [-0.1, -0.05) is 49.6 Å². The highest BCUT2D eigenvalue weighted by Crippen LogP contribution is 2.22. The lowest BCUT2D eigenvalue weighted by molar-refractivity contribution is 0.102. The van der Waals surface area contributed by atoms with Crippen LogP contribution in [0, 0.1) is 0 Å². The molecule has 0 atom stereocenters. The molecule has 0 bridgehead atoms. The Balaban J connectivity index is 1.83. The lowest BCUT2D eigenvalue weighted by Crippen LogP contribution is -2.37. The summed E-state index contributed by atoms with van der Waals surface area (Å²) in [6.07, 6.45) is 4.90. The third kappa shape index (κ3) is 4.46. The third-order valence-corrected chi connectivity index (χ3v) is 5.96. The zero-order valence-electron chi connectivity index (χ0n) is 13.9. The molecule has 1 saturated carbocycles. The SMILES string of the molecule is O=C(Nc1ccccc1)c1ccccc1S(=O)(=O)NC1CCCCC1. The molecule has 0 radical (unpaired) electrons. The molecule has 0 aromatic heterocycles. The van der Waals surface area contributed by atoms with Crippen LogP contribution in [0.4, 0.5) is 5.69 Å². The van der Waals surface area contributed by atoms with Crippen molar-refractivity contribution in [3.05, 3.63) is 60.2 Å². The molecule has 2 aromatic rings. The van der Waals surface area contributed by atoms with Crippen LogP contribution in [-0.4, -0.2) is 20.4 Å². The Hall–Kier alpha value is -2.18. The fourth-order valence-electron chi connectivity index (χ4n) is 3.11. The molecule has 0 heterocycles. The molecule has 3 rings (SSSR count). The van der Waals surface area contributed by atoms with Gasteiger partial charge in [-0.15, -0.1) is 0 Å². The van der Waals surface area contributed by atoms with E-state index in [-0.39, 0.29) is 16.5 Å². The summed E-state index contributed by atoms with van der Waals surface area (Å²) in [5.74, 6) is -0.434. The zero-order valence-corrected chi connectivity index (χ0v) is 14.8. The summed E-state index contributed by atoms with van der Waals surface area (Å²) in [5, 5.41) is 2.74. The number of nitrogens with one attached hydrogen (secondary N) is 2. The number of benzene rings is 2. The maximum atomic E-state index is 12.8. The van der Waals surface area contributed by atoms with Crippen LogP contribution in [-0.2, 0) is 10.0 Å². The molecule has 5 nitrogen and oxygen atoms in total. The van der Waals surface area contributed by atoms with Gasteiger partial charge in [-0.2, -0.15) is 0 Å². The number of hydrogen-bond acceptors (Lipinski definition) is 3. The van der Waals surface area contributed by atoms with Crippen molar-refractivity contribution in [2.45, 2.75) is 43.0 Å². The largest absolute Gasteiger partial charge is 0.322 e. The molecular weight excluding hydrogens is 336 g/mol. The van der Waals surface area contributed by atoms with E-state index in [9.17, 15) is 13.2 Å². The minimum atomic E-state index is -3.74. The number of carbonyl (C=O) groups is 1. The van der Waals surface area contributed by atoms with Crippen LogP contribution in [0.1, 0.15) is 42.5 Å². The first-order valence-corrected chi connectivity index (χ1v) is 10.0. The summed E-state index contributed by atoms with van der Waals surface area (Å²) in [6, 6.07) is 15.2. The lowest BCUT2D eigenvalue weighted by atomic mass is 9.96. The van der Waals surface area contributed by atoms with E-state index >= 15 is 0 Å². The second-order valence-corrected chi connectivity index (χ2v) is 7.95. The van der Waals surface area contributed by atoms with E-state index in [2.05, 4.69) is 10.0 Å². The molecule has 1 aliphatic rings. The quantitative estimate of drug-likeness (QED) is 0.858. The molecule has 2 aromatic carbocycles. The highest BCUT2D eigenvalue weighted by Gasteiger charge is 2.26. The van der Waals surface area contributed by atoms with Crippen molar-refractivity contribution < 1.29 is 13.2 Å². The Labute approximate surface area is 148 Å². The molecule has 25 heavy (non-hydrogen) atoms. The van der Waals surface area contributed by atoms with Crippen molar-refractivity contribution in [3.8, 4) is 0 Å². The van der Waals surface area contributed by atoms with E-state index in [0.717, 1.165) is 32.1 Å². The van der Waals surface area contributed by atoms with Crippen molar-refractivity contribution in [1.82, 2.24) is 4.72 Å². The molecule has 0 unspecified atom stereocenters. The second kappa shape index (κ2) is 7.80. The van der Waals surface area contributed by atoms with Gasteiger partial charge in [-0.25, -0.2) is 13.1 Å². The van der Waals surface area contributed by atoms with Gasteiger partial charge in [0.05, 0.1) is 10.5 Å². The van der Waals surface area contributed by atoms with E-state index < -0.39 is 15.9 Å². The van der Waals surface area contributed by atoms with E-state index in [0.29, 0.717) is 5.69 Å². The second-order valence-electron chi connectivity index (χ2n) is 6.27. The summed E-state index contributed by atoms with van der Waals surface area (Å²) >= 11 is 0. The van der Waals surface area contributed by atoms with E-state index in [1.807, 2.05) is 18.2 Å². The average Bonchev–Trinajstić information content (AvgIpc) is 2.63. The number of amides is 1. The highest BCUT2D eigenvalue weighted by molar-refractivity contribution is 7.89. The zero-order chi connectivity index (χ0) is 17.7. The fourth-order valence-corrected chi connectivity index (χ4v) is 4.62. The number of sulfonamides is 1. The van der Waals surface area contributed by atoms with E-state index in [4.69, 9.17) is 0 Å². The van der Waals surface area contributed by atoms with Gasteiger partial charge in [-0.05, 0) is 37.1 Å². The predicted octanol–water partition coefficient (Wildman–Crippen LogP) is 3.55. The van der Waals surface area contributed by atoms with Gasteiger partial charge in [0.1, 0.15) is 0 Å². The van der Waals surface area contributed by atoms with Gasteiger partial charge in [-0.3, -0.25) is 4.79 Å². The predicted molar refractivity (Wildman–Crippen MR) is 98.0 cm³/mol. The number of rotatable bonds is 5. The van der Waals surface area contributed by atoms with Crippen molar-refractivity contribution in [2.24, 2.45) is 0 Å². The number of carbonyl (C=O) groups excluding carboxylic acids is 1. The molecule has 132 valence electrons. The van der Waals surface area contributed by atoms with E-state index in [1.54, 1.807) is 24.3 Å². The summed E-state index contributed by atoms with van der Waals surface area (Å²) in [7, 11) is -3.74. The van der Waals surface area contributed by atoms with Gasteiger partial charge in [0.15, 0.2) is 0 Å². The van der Waals surface area contributed by atoms with Crippen LogP contribution in [0.3, 0.4) is 0 Å². The van der Waals surface area contributed by atoms with Crippen LogP contribution < -0.4 is 10.0 Å². The van der Waals surface area contributed by atoms with Crippen LogP contribution >= 0.6 is 0 Å². The van der Waals surface area contributed by atoms with Crippen LogP contribution in [0.15, 0.2) is 59.5 Å². The van der Waals surface area contributed by atoms with Gasteiger partial charge in [0, 0.05) is 11.7 Å². The van der Waals surface area contributed by atoms with Crippen molar-refractivity contribution >= 4 is 21.6 Å². The number of anilines is 1. The van der Waals surface area contributed by atoms with Crippen LogP contribution in [0.5, 0.6) is 0 Å². The monoisotopic (exact) mass is 358 g/mol. The Morgan fingerprint density at radius 1 is 0.880 bits per heavy atom. The Bertz CT molecular complexity index is 829. The summed E-state index contributed by atoms with van der Waals surface area (Å²) in [6.45, 7) is 0. The number of hydrogen-bond donors (Lipinski definition) is 2. The van der Waals surface area contributed by atoms with E-state index in [1.165, 1.54) is 12.1 Å². The Morgan fingerprint density at radius 2 is 1.52 bits per heavy atom. The first kappa shape index (κ1) is 17.6. The van der Waals surface area contributed by atoms with Crippen molar-refractivity contribution in [1.29, 1.82) is 0 Å². The van der Waals surface area contributed by atoms with Crippen LogP contribution in [0.2, 0.25) is 0 Å². The van der Waals surface area contributed by atoms with Gasteiger partial charge >= 0.3 is 0 Å². The summed E-state index contributed by atoms with van der Waals surface area (Å²) in [5.41, 5.74) is 0.773. The first-order chi connectivity index (χ1) is 12.1. The Morgan fingerprint density at radius 3 is 2.24 bits per heavy atom. The molecule has 1 aliphatic carbocycles. The van der Waals surface area contributed by atoms with Gasteiger partial charge < -0.3 is 5.32 Å². The normalized spacial score (nSPS) is 15.7. The molecular formula is C19H22N2O3S. The van der Waals surface area contributed by atoms with Gasteiger partial charge in [0.2, 0.25) is 10.0 Å². The van der Waals surface area contributed by atoms with Crippen molar-refractivity contribution in [3.63, 3.8) is 0 Å². The maximum Gasteiger partial charge on any atom is 0.257 e. The first-order valence-electron chi connectivity index (χ1n) is 8.54. The van der Waals surface area contributed by atoms with Crippen molar-refractivity contribution in [2.75, 3.05) is 5.32 Å². The summed E-state index contributed by atoms with van der Waals surface area (Å²) < 4.78 is 28.3. The smallest absolute Gasteiger partial charge is 0.257 e. The topological polar surface area (TPSA) is 75.3 Å². The standard InChI is InChI=1S/C19H22N2O3S/c22-19(20-15-9-3-1-4-10-15)17-13-7-8-14-18(17)25(23,24)21-16-11-5-2-6-12-16/h1,3-4,7-10,13-14,16,21H,2,5-6,11-12H2,(H,20,22). The molecule has 6 heteroatoms. The molecule has 2 N–H and O–H groups in total. The Kier molecular flexibility index (Phi) is 5.50. The molecule has 0 spiro atoms. The van der Waals surface area contributed by atoms with Gasteiger partial charge in [0.25, 0.3) is 5.91 Å². The molecule has 0 saturated heterocycles. The molecule has 1 amide bonds. The highest BCUT2D eigenvalue weighted by atomic mass is 32.2. The molecule has 0 aliphatic heterocycles. The average molecular weight is 358 g/mol.